The molecule has 0 aromatic heterocycles. The van der Waals surface area contributed by atoms with Gasteiger partial charge in [-0.25, -0.2) is 0 Å². The SMILES string of the molecule is [2H]c1c([2H])c(-c2ccc3c(ccc4cc5ccccc5cc43)c2)c([2H])c([2H])c1-c1ccc2c(c1)C(C)(C)c1cc3ccccc3cc1-2. The van der Waals surface area contributed by atoms with Crippen LogP contribution in [0.15, 0.2) is 145 Å². The molecule has 8 aromatic carbocycles. The quantitative estimate of drug-likeness (QED) is 0.148. The van der Waals surface area contributed by atoms with Crippen molar-refractivity contribution in [3.8, 4) is 33.4 Å². The molecule has 0 saturated heterocycles. The average molecular weight is 551 g/mol. The highest BCUT2D eigenvalue weighted by Gasteiger charge is 2.35. The van der Waals surface area contributed by atoms with E-state index in [1.54, 1.807) is 0 Å². The lowest BCUT2D eigenvalue weighted by Crippen LogP contribution is -2.15. The summed E-state index contributed by atoms with van der Waals surface area (Å²) in [6.45, 7) is 4.44. The first kappa shape index (κ1) is 20.6. The van der Waals surface area contributed by atoms with E-state index in [0.717, 1.165) is 32.7 Å². The van der Waals surface area contributed by atoms with Crippen LogP contribution in [0, 0.1) is 0 Å². The summed E-state index contributed by atoms with van der Waals surface area (Å²) < 4.78 is 36.5. The largest absolute Gasteiger partial charge is 0.0629 e. The molecule has 0 fully saturated rings. The van der Waals surface area contributed by atoms with E-state index in [2.05, 4.69) is 105 Å². The van der Waals surface area contributed by atoms with Gasteiger partial charge < -0.3 is 0 Å². The molecule has 1 aliphatic carbocycles. The van der Waals surface area contributed by atoms with E-state index >= 15 is 0 Å². The molecule has 8 aromatic rings. The zero-order valence-electron chi connectivity index (χ0n) is 28.0. The van der Waals surface area contributed by atoms with E-state index in [4.69, 9.17) is 5.48 Å². The number of hydrogen-bond acceptors (Lipinski definition) is 0. The summed E-state index contributed by atoms with van der Waals surface area (Å²) in [7, 11) is 0. The van der Waals surface area contributed by atoms with Crippen LogP contribution >= 0.6 is 0 Å². The highest BCUT2D eigenvalue weighted by Crippen LogP contribution is 2.50. The van der Waals surface area contributed by atoms with Crippen LogP contribution in [0.1, 0.15) is 30.5 Å². The minimum atomic E-state index is -0.274. The van der Waals surface area contributed by atoms with Gasteiger partial charge in [0.15, 0.2) is 0 Å². The molecule has 9 rings (SSSR count). The zero-order chi connectivity index (χ0) is 32.2. The summed E-state index contributed by atoms with van der Waals surface area (Å²) in [5.74, 6) is 0. The first-order chi connectivity index (χ1) is 22.7. The maximum absolute atomic E-state index is 9.14. The molecule has 0 saturated carbocycles. The summed E-state index contributed by atoms with van der Waals surface area (Å²) in [4.78, 5) is 0. The molecular weight excluding hydrogens is 516 g/mol. The Labute approximate surface area is 257 Å². The lowest BCUT2D eigenvalue weighted by Gasteiger charge is -2.22. The minimum Gasteiger partial charge on any atom is -0.0616 e. The summed E-state index contributed by atoms with van der Waals surface area (Å²) >= 11 is 0. The summed E-state index contributed by atoms with van der Waals surface area (Å²) in [5.41, 5.74) is 6.53. The Hall–Kier alpha value is -5.20. The normalized spacial score (nSPS) is 14.8. The first-order valence-corrected chi connectivity index (χ1v) is 14.9. The molecule has 0 bridgehead atoms. The third-order valence-electron chi connectivity index (χ3n) is 9.45. The smallest absolute Gasteiger partial charge is 0.0616 e. The molecule has 0 heteroatoms. The Morgan fingerprint density at radius 1 is 0.395 bits per heavy atom. The van der Waals surface area contributed by atoms with Gasteiger partial charge in [-0.2, -0.15) is 0 Å². The van der Waals surface area contributed by atoms with Crippen molar-refractivity contribution in [2.24, 2.45) is 0 Å². The molecule has 0 N–H and O–H groups in total. The molecule has 0 spiro atoms. The van der Waals surface area contributed by atoms with Gasteiger partial charge in [-0.15, -0.1) is 0 Å². The van der Waals surface area contributed by atoms with Crippen LogP contribution in [0.2, 0.25) is 0 Å². The molecule has 202 valence electrons. The number of benzene rings is 8. The van der Waals surface area contributed by atoms with Crippen molar-refractivity contribution in [1.29, 1.82) is 0 Å². The molecular formula is C43H30. The highest BCUT2D eigenvalue weighted by atomic mass is 14.4. The van der Waals surface area contributed by atoms with Gasteiger partial charge >= 0.3 is 0 Å². The molecule has 0 amide bonds. The molecule has 0 aliphatic heterocycles. The van der Waals surface area contributed by atoms with E-state index in [1.165, 1.54) is 32.7 Å². The van der Waals surface area contributed by atoms with Gasteiger partial charge in [0.05, 0.1) is 5.48 Å². The summed E-state index contributed by atoms with van der Waals surface area (Å²) in [5, 5.41) is 9.19. The monoisotopic (exact) mass is 550 g/mol. The van der Waals surface area contributed by atoms with Crippen molar-refractivity contribution >= 4 is 43.1 Å². The fourth-order valence-electron chi connectivity index (χ4n) is 7.09. The Bertz CT molecular complexity index is 2620. The second-order valence-electron chi connectivity index (χ2n) is 12.3. The molecule has 0 radical (unpaired) electrons. The zero-order valence-corrected chi connectivity index (χ0v) is 24.0. The Kier molecular flexibility index (Phi) is 4.27. The number of hydrogen-bond donors (Lipinski definition) is 0. The average Bonchev–Trinajstić information content (AvgIpc) is 3.30. The first-order valence-electron chi connectivity index (χ1n) is 16.9. The van der Waals surface area contributed by atoms with Gasteiger partial charge in [-0.05, 0) is 124 Å². The van der Waals surface area contributed by atoms with E-state index in [1.807, 2.05) is 30.3 Å². The molecule has 1 aliphatic rings. The molecule has 0 heterocycles. The van der Waals surface area contributed by atoms with Gasteiger partial charge in [0.1, 0.15) is 0 Å². The van der Waals surface area contributed by atoms with Crippen molar-refractivity contribution in [1.82, 2.24) is 0 Å². The number of fused-ring (bicyclic) bond motifs is 8. The third-order valence-corrected chi connectivity index (χ3v) is 9.45. The molecule has 0 atom stereocenters. The van der Waals surface area contributed by atoms with Gasteiger partial charge in [0.2, 0.25) is 0 Å². The van der Waals surface area contributed by atoms with E-state index in [-0.39, 0.29) is 29.6 Å². The predicted molar refractivity (Wildman–Crippen MR) is 185 cm³/mol. The van der Waals surface area contributed by atoms with Crippen molar-refractivity contribution in [2.75, 3.05) is 0 Å². The summed E-state index contributed by atoms with van der Waals surface area (Å²) in [6, 6.07) is 41.9. The fraction of sp³-hybridized carbons (Fsp3) is 0.0698. The van der Waals surface area contributed by atoms with E-state index in [0.29, 0.717) is 22.3 Å². The predicted octanol–water partition coefficient (Wildman–Crippen LogP) is 11.9. The van der Waals surface area contributed by atoms with Crippen molar-refractivity contribution in [2.45, 2.75) is 19.3 Å². The van der Waals surface area contributed by atoms with Crippen LogP contribution in [0.5, 0.6) is 0 Å². The maximum Gasteiger partial charge on any atom is 0.0629 e. The summed E-state index contributed by atoms with van der Waals surface area (Å²) in [6.07, 6.45) is 0. The van der Waals surface area contributed by atoms with E-state index < -0.39 is 0 Å². The minimum absolute atomic E-state index is 0.0231. The lowest BCUT2D eigenvalue weighted by atomic mass is 9.81. The van der Waals surface area contributed by atoms with Crippen molar-refractivity contribution in [3.63, 3.8) is 0 Å². The van der Waals surface area contributed by atoms with Gasteiger partial charge in [0.25, 0.3) is 0 Å². The second-order valence-corrected chi connectivity index (χ2v) is 12.3. The molecule has 0 nitrogen and oxygen atoms in total. The van der Waals surface area contributed by atoms with Crippen molar-refractivity contribution < 1.29 is 5.48 Å². The molecule has 43 heavy (non-hydrogen) atoms. The van der Waals surface area contributed by atoms with Crippen LogP contribution in [0.4, 0.5) is 0 Å². The Morgan fingerprint density at radius 2 is 0.930 bits per heavy atom. The van der Waals surface area contributed by atoms with E-state index in [9.17, 15) is 0 Å². The fourth-order valence-corrected chi connectivity index (χ4v) is 7.09. The van der Waals surface area contributed by atoms with Crippen LogP contribution < -0.4 is 0 Å². The molecule has 0 unspecified atom stereocenters. The van der Waals surface area contributed by atoms with Crippen LogP contribution in [0.25, 0.3) is 76.5 Å². The van der Waals surface area contributed by atoms with Crippen molar-refractivity contribution in [3.05, 3.63) is 157 Å². The van der Waals surface area contributed by atoms with Crippen LogP contribution in [-0.4, -0.2) is 0 Å². The third kappa shape index (κ3) is 3.70. The van der Waals surface area contributed by atoms with Gasteiger partial charge in [0, 0.05) is 5.41 Å². The van der Waals surface area contributed by atoms with Gasteiger partial charge in [-0.3, -0.25) is 0 Å². The Balaban J connectivity index is 1.17. The number of rotatable bonds is 2. The second kappa shape index (κ2) is 8.90. The maximum atomic E-state index is 9.14. The standard InChI is InChI=1S/C43H30/c1-43(2)41-26-34(18-20-38(41)40-24-31-9-5-6-10-32(31)25-42(40)43)28-13-11-27(12-14-28)33-17-19-37-35(22-33)15-16-36-21-29-7-3-4-8-30(29)23-39(36)37/h3-26H,1-2H3/i11D,12D,13D,14D. The van der Waals surface area contributed by atoms with Gasteiger partial charge in [-0.1, -0.05) is 123 Å². The lowest BCUT2D eigenvalue weighted by molar-refractivity contribution is 0.661. The van der Waals surface area contributed by atoms with Crippen LogP contribution in [-0.2, 0) is 5.41 Å². The Morgan fingerprint density at radius 3 is 1.63 bits per heavy atom. The highest BCUT2D eigenvalue weighted by molar-refractivity contribution is 6.12. The van der Waals surface area contributed by atoms with Crippen LogP contribution in [0.3, 0.4) is 0 Å². The topological polar surface area (TPSA) is 0 Å².